The number of ether oxygens (including phenoxy) is 3. The van der Waals surface area contributed by atoms with Gasteiger partial charge in [0.2, 0.25) is 0 Å². The van der Waals surface area contributed by atoms with Crippen molar-refractivity contribution in [3.63, 3.8) is 0 Å². The van der Waals surface area contributed by atoms with Gasteiger partial charge in [-0.05, 0) is 66.2 Å². The van der Waals surface area contributed by atoms with Crippen LogP contribution in [0.15, 0.2) is 108 Å². The number of hydrogen-bond acceptors (Lipinski definition) is 7. The highest BCUT2D eigenvalue weighted by Crippen LogP contribution is 2.29. The predicted octanol–water partition coefficient (Wildman–Crippen LogP) is 6.10. The second kappa shape index (κ2) is 14.6. The van der Waals surface area contributed by atoms with E-state index in [1.54, 1.807) is 104 Å². The van der Waals surface area contributed by atoms with E-state index in [9.17, 15) is 14.4 Å². The number of rotatable bonds is 12. The fraction of sp³-hybridized carbons (Fsp3) is 0.121. The lowest BCUT2D eigenvalue weighted by molar-refractivity contribution is -0.113. The molecule has 2 amide bonds. The van der Waals surface area contributed by atoms with Crippen LogP contribution >= 0.6 is 11.8 Å². The Hall–Kier alpha value is -5.02. The van der Waals surface area contributed by atoms with Crippen molar-refractivity contribution in [1.82, 2.24) is 5.32 Å². The largest absolute Gasteiger partial charge is 0.497 e. The van der Waals surface area contributed by atoms with Crippen molar-refractivity contribution in [3.8, 4) is 17.2 Å². The molecule has 0 aliphatic rings. The fourth-order valence-corrected chi connectivity index (χ4v) is 4.79. The average Bonchev–Trinajstić information content (AvgIpc) is 3.03. The number of ketones is 1. The van der Waals surface area contributed by atoms with Crippen LogP contribution in [0.1, 0.15) is 26.3 Å². The van der Waals surface area contributed by atoms with Gasteiger partial charge in [-0.25, -0.2) is 0 Å². The molecule has 4 aromatic rings. The van der Waals surface area contributed by atoms with Gasteiger partial charge in [0.05, 0.1) is 27.1 Å². The number of carbonyl (C=O) groups excluding carboxylic acids is 3. The molecule has 0 heterocycles. The van der Waals surface area contributed by atoms with Crippen LogP contribution in [0.2, 0.25) is 0 Å². The first-order valence-electron chi connectivity index (χ1n) is 12.9. The maximum atomic E-state index is 13.5. The number of hydrogen-bond donors (Lipinski definition) is 2. The highest BCUT2D eigenvalue weighted by Gasteiger charge is 2.16. The zero-order valence-electron chi connectivity index (χ0n) is 23.4. The van der Waals surface area contributed by atoms with Crippen LogP contribution in [0.5, 0.6) is 17.2 Å². The second-order valence-corrected chi connectivity index (χ2v) is 9.97. The first kappa shape index (κ1) is 30.0. The maximum Gasteiger partial charge on any atom is 0.272 e. The first-order chi connectivity index (χ1) is 20.4. The summed E-state index contributed by atoms with van der Waals surface area (Å²) >= 11 is 1.35. The molecule has 8 nitrogen and oxygen atoms in total. The van der Waals surface area contributed by atoms with Gasteiger partial charge >= 0.3 is 0 Å². The SMILES string of the molecule is COc1cccc(C(=O)CSc2cccc(NC(=O)/C(=C/c3ccc(OC)c(OC)c3)NC(=O)c3ccccc3)c2)c1. The van der Waals surface area contributed by atoms with Crippen LogP contribution in [-0.4, -0.2) is 44.7 Å². The van der Waals surface area contributed by atoms with E-state index in [4.69, 9.17) is 14.2 Å². The van der Waals surface area contributed by atoms with E-state index in [0.717, 1.165) is 4.90 Å². The van der Waals surface area contributed by atoms with Crippen LogP contribution in [0.3, 0.4) is 0 Å². The summed E-state index contributed by atoms with van der Waals surface area (Å²) in [5, 5.41) is 5.58. The van der Waals surface area contributed by atoms with Gasteiger partial charge in [-0.15, -0.1) is 11.8 Å². The average molecular weight is 583 g/mol. The molecule has 0 spiro atoms. The molecule has 0 atom stereocenters. The summed E-state index contributed by atoms with van der Waals surface area (Å²) in [5.74, 6) is 0.842. The van der Waals surface area contributed by atoms with Crippen LogP contribution in [0, 0.1) is 0 Å². The number of methoxy groups -OCH3 is 3. The van der Waals surface area contributed by atoms with Crippen molar-refractivity contribution in [2.75, 3.05) is 32.4 Å². The zero-order valence-corrected chi connectivity index (χ0v) is 24.2. The van der Waals surface area contributed by atoms with Gasteiger partial charge in [0, 0.05) is 21.7 Å². The van der Waals surface area contributed by atoms with Crippen molar-refractivity contribution < 1.29 is 28.6 Å². The molecule has 42 heavy (non-hydrogen) atoms. The van der Waals surface area contributed by atoms with Gasteiger partial charge in [-0.2, -0.15) is 0 Å². The van der Waals surface area contributed by atoms with Crippen molar-refractivity contribution >= 4 is 41.1 Å². The Labute approximate surface area is 248 Å². The second-order valence-electron chi connectivity index (χ2n) is 8.92. The number of nitrogens with one attached hydrogen (secondary N) is 2. The van der Waals surface area contributed by atoms with E-state index < -0.39 is 11.8 Å². The maximum absolute atomic E-state index is 13.5. The molecule has 214 valence electrons. The quantitative estimate of drug-likeness (QED) is 0.118. The Morgan fingerprint density at radius 1 is 0.738 bits per heavy atom. The van der Waals surface area contributed by atoms with Crippen molar-refractivity contribution in [3.05, 3.63) is 119 Å². The summed E-state index contributed by atoms with van der Waals surface area (Å²) in [7, 11) is 4.61. The number of thioether (sulfide) groups is 1. The lowest BCUT2D eigenvalue weighted by Gasteiger charge is -2.13. The molecule has 0 aliphatic heterocycles. The van der Waals surface area contributed by atoms with E-state index >= 15 is 0 Å². The standard InChI is InChI=1S/C33H30N2O6S/c1-39-26-13-7-11-24(19-26)29(36)21-42-27-14-8-12-25(20-27)34-33(38)28(35-32(37)23-9-5-4-6-10-23)17-22-15-16-30(40-2)31(18-22)41-3/h4-20H,21H2,1-3H3,(H,34,38)(H,35,37)/b28-17-. The highest BCUT2D eigenvalue weighted by molar-refractivity contribution is 8.00. The minimum atomic E-state index is -0.524. The van der Waals surface area contributed by atoms with Crippen LogP contribution < -0.4 is 24.8 Å². The molecule has 0 radical (unpaired) electrons. The Bertz CT molecular complexity index is 1600. The molecule has 9 heteroatoms. The van der Waals surface area contributed by atoms with Gasteiger partial charge in [-0.1, -0.05) is 42.5 Å². The molecule has 0 fully saturated rings. The third-order valence-corrected chi connectivity index (χ3v) is 7.09. The van der Waals surface area contributed by atoms with Gasteiger partial charge in [0.25, 0.3) is 11.8 Å². The van der Waals surface area contributed by atoms with Crippen LogP contribution in [0.25, 0.3) is 6.08 Å². The summed E-state index contributed by atoms with van der Waals surface area (Å²) in [5.41, 5.74) is 2.12. The van der Waals surface area contributed by atoms with E-state index in [1.807, 2.05) is 6.07 Å². The number of anilines is 1. The number of amides is 2. The molecule has 0 aromatic heterocycles. The summed E-state index contributed by atoms with van der Waals surface area (Å²) in [6.07, 6.45) is 1.56. The predicted molar refractivity (Wildman–Crippen MR) is 165 cm³/mol. The van der Waals surface area contributed by atoms with Gasteiger partial charge in [0.1, 0.15) is 11.4 Å². The summed E-state index contributed by atoms with van der Waals surface area (Å²) in [4.78, 5) is 39.9. The third kappa shape index (κ3) is 8.02. The molecule has 0 aliphatic carbocycles. The fourth-order valence-electron chi connectivity index (χ4n) is 3.94. The highest BCUT2D eigenvalue weighted by atomic mass is 32.2. The monoisotopic (exact) mass is 582 g/mol. The van der Waals surface area contributed by atoms with Crippen molar-refractivity contribution in [2.45, 2.75) is 4.90 Å². The minimum Gasteiger partial charge on any atom is -0.497 e. The number of Topliss-reactive ketones (excluding diaryl/α,β-unsaturated/α-hetero) is 1. The topological polar surface area (TPSA) is 103 Å². The molecule has 0 unspecified atom stereocenters. The Kier molecular flexibility index (Phi) is 10.4. The smallest absolute Gasteiger partial charge is 0.272 e. The summed E-state index contributed by atoms with van der Waals surface area (Å²) < 4.78 is 15.9. The van der Waals surface area contributed by atoms with Crippen molar-refractivity contribution in [2.24, 2.45) is 0 Å². The zero-order chi connectivity index (χ0) is 29.9. The summed E-state index contributed by atoms with van der Waals surface area (Å²) in [6, 6.07) is 27.9. The van der Waals surface area contributed by atoms with Gasteiger partial charge < -0.3 is 24.8 Å². The lowest BCUT2D eigenvalue weighted by atomic mass is 10.1. The van der Waals surface area contributed by atoms with E-state index in [2.05, 4.69) is 10.6 Å². The van der Waals surface area contributed by atoms with Crippen LogP contribution in [-0.2, 0) is 4.79 Å². The van der Waals surface area contributed by atoms with E-state index in [0.29, 0.717) is 39.6 Å². The molecule has 0 saturated heterocycles. The Balaban J connectivity index is 1.52. The minimum absolute atomic E-state index is 0.0299. The van der Waals surface area contributed by atoms with E-state index in [-0.39, 0.29) is 17.2 Å². The first-order valence-corrected chi connectivity index (χ1v) is 13.9. The van der Waals surface area contributed by atoms with Crippen molar-refractivity contribution in [1.29, 1.82) is 0 Å². The van der Waals surface area contributed by atoms with Crippen LogP contribution in [0.4, 0.5) is 5.69 Å². The van der Waals surface area contributed by atoms with Gasteiger partial charge in [0.15, 0.2) is 17.3 Å². The summed E-state index contributed by atoms with van der Waals surface area (Å²) in [6.45, 7) is 0. The number of benzene rings is 4. The number of carbonyl (C=O) groups is 3. The molecule has 0 bridgehead atoms. The molecule has 4 rings (SSSR count). The molecular formula is C33H30N2O6S. The normalized spacial score (nSPS) is 10.9. The van der Waals surface area contributed by atoms with Gasteiger partial charge in [-0.3, -0.25) is 14.4 Å². The molecular weight excluding hydrogens is 552 g/mol. The Morgan fingerprint density at radius 3 is 2.21 bits per heavy atom. The Morgan fingerprint density at radius 2 is 1.48 bits per heavy atom. The molecule has 0 saturated carbocycles. The lowest BCUT2D eigenvalue weighted by Crippen LogP contribution is -2.30. The third-order valence-electron chi connectivity index (χ3n) is 6.10. The molecule has 4 aromatic carbocycles. The van der Waals surface area contributed by atoms with E-state index in [1.165, 1.54) is 26.0 Å². The molecule has 2 N–H and O–H groups in total.